The van der Waals surface area contributed by atoms with E-state index in [2.05, 4.69) is 36.5 Å². The van der Waals surface area contributed by atoms with E-state index in [1.807, 2.05) is 25.0 Å². The van der Waals surface area contributed by atoms with Gasteiger partial charge in [0.25, 0.3) is 0 Å². The highest BCUT2D eigenvalue weighted by Crippen LogP contribution is 2.06. The van der Waals surface area contributed by atoms with Crippen LogP contribution in [-0.4, -0.2) is 25.0 Å². The summed E-state index contributed by atoms with van der Waals surface area (Å²) in [5.74, 6) is 0. The number of nitrogens with one attached hydrogen (secondary N) is 1. The molecule has 0 aliphatic heterocycles. The first-order chi connectivity index (χ1) is 5.68. The van der Waals surface area contributed by atoms with Crippen LogP contribution < -0.4 is 5.32 Å². The third kappa shape index (κ3) is 2.74. The Kier molecular flexibility index (Phi) is 2.86. The lowest BCUT2D eigenvalue weighted by atomic mass is 10.2. The van der Waals surface area contributed by atoms with Crippen LogP contribution >= 0.6 is 0 Å². The third-order valence-electron chi connectivity index (χ3n) is 1.54. The van der Waals surface area contributed by atoms with Crippen LogP contribution in [0.5, 0.6) is 0 Å². The molecule has 1 N–H and O–H groups in total. The predicted octanol–water partition coefficient (Wildman–Crippen LogP) is 1.71. The summed E-state index contributed by atoms with van der Waals surface area (Å²) in [6.07, 6.45) is 1.92. The fraction of sp³-hybridized carbons (Fsp3) is 0.300. The van der Waals surface area contributed by atoms with E-state index in [1.54, 1.807) is 0 Å². The van der Waals surface area contributed by atoms with Crippen LogP contribution in [-0.2, 0) is 0 Å². The van der Waals surface area contributed by atoms with E-state index < -0.39 is 0 Å². The molecule has 1 aromatic rings. The van der Waals surface area contributed by atoms with Gasteiger partial charge in [-0.2, -0.15) is 0 Å². The zero-order valence-corrected chi connectivity index (χ0v) is 7.83. The Morgan fingerprint density at radius 2 is 1.75 bits per heavy atom. The zero-order valence-electron chi connectivity index (χ0n) is 7.83. The van der Waals surface area contributed by atoms with Gasteiger partial charge in [0, 0.05) is 0 Å². The summed E-state index contributed by atoms with van der Waals surface area (Å²) in [6.45, 7) is 2.08. The highest BCUT2D eigenvalue weighted by molar-refractivity contribution is 5.71. The Hall–Kier alpha value is -1.31. The maximum Gasteiger partial charge on any atom is 0.236 e. The molecule has 0 unspecified atom stereocenters. The smallest absolute Gasteiger partial charge is 0.236 e. The second kappa shape index (κ2) is 3.90. The normalized spacial score (nSPS) is 9.25. The third-order valence-corrected chi connectivity index (χ3v) is 1.54. The van der Waals surface area contributed by atoms with E-state index in [9.17, 15) is 0 Å². The number of benzene rings is 1. The number of anilines is 1. The summed E-state index contributed by atoms with van der Waals surface area (Å²) in [7, 11) is 3.97. The zero-order chi connectivity index (χ0) is 8.97. The number of hydrogen-bond donors (Lipinski definition) is 1. The van der Waals surface area contributed by atoms with Gasteiger partial charge in [-0.25, -0.2) is 5.32 Å². The fourth-order valence-electron chi connectivity index (χ4n) is 0.853. The van der Waals surface area contributed by atoms with Gasteiger partial charge in [-0.1, -0.05) is 17.7 Å². The van der Waals surface area contributed by atoms with E-state index in [-0.39, 0.29) is 0 Å². The van der Waals surface area contributed by atoms with Crippen molar-refractivity contribution in [3.05, 3.63) is 29.8 Å². The molecule has 0 heterocycles. The summed E-state index contributed by atoms with van der Waals surface area (Å²) in [5.41, 5.74) is 2.40. The largest absolute Gasteiger partial charge is 0.273 e. The van der Waals surface area contributed by atoms with E-state index in [0.29, 0.717) is 0 Å². The first kappa shape index (κ1) is 8.78. The Bertz CT molecular complexity index is 268. The van der Waals surface area contributed by atoms with Crippen molar-refractivity contribution in [1.82, 2.24) is 0 Å². The van der Waals surface area contributed by atoms with E-state index in [1.165, 1.54) is 5.56 Å². The predicted molar refractivity (Wildman–Crippen MR) is 53.0 cm³/mol. The van der Waals surface area contributed by atoms with Crippen molar-refractivity contribution in [2.45, 2.75) is 6.92 Å². The van der Waals surface area contributed by atoms with E-state index >= 15 is 0 Å². The van der Waals surface area contributed by atoms with Gasteiger partial charge in [0.15, 0.2) is 0 Å². The summed E-state index contributed by atoms with van der Waals surface area (Å²) < 4.78 is 1.97. The highest BCUT2D eigenvalue weighted by atomic mass is 15.0. The van der Waals surface area contributed by atoms with E-state index in [0.717, 1.165) is 5.69 Å². The number of nitrogens with zero attached hydrogens (tertiary/aromatic N) is 1. The maximum absolute atomic E-state index is 3.17. The van der Waals surface area contributed by atoms with Gasteiger partial charge >= 0.3 is 0 Å². The molecule has 2 heteroatoms. The van der Waals surface area contributed by atoms with Crippen molar-refractivity contribution in [2.75, 3.05) is 19.4 Å². The van der Waals surface area contributed by atoms with Gasteiger partial charge in [-0.05, 0) is 19.1 Å². The van der Waals surface area contributed by atoms with Crippen LogP contribution in [0.4, 0.5) is 5.69 Å². The monoisotopic (exact) mass is 163 g/mol. The van der Waals surface area contributed by atoms with E-state index in [4.69, 9.17) is 0 Å². The van der Waals surface area contributed by atoms with Gasteiger partial charge in [0.1, 0.15) is 5.69 Å². The number of aryl methyl sites for hydroxylation is 1. The van der Waals surface area contributed by atoms with Crippen LogP contribution in [0.2, 0.25) is 0 Å². The molecule has 0 amide bonds. The quantitative estimate of drug-likeness (QED) is 0.398. The molecule has 0 spiro atoms. The second-order valence-electron chi connectivity index (χ2n) is 3.10. The summed E-state index contributed by atoms with van der Waals surface area (Å²) in [6, 6.07) is 8.31. The maximum atomic E-state index is 3.17. The Morgan fingerprint density at radius 3 is 2.25 bits per heavy atom. The molecule has 0 atom stereocenters. The van der Waals surface area contributed by atoms with Crippen LogP contribution in [0.1, 0.15) is 5.56 Å². The van der Waals surface area contributed by atoms with Gasteiger partial charge in [0.2, 0.25) is 6.34 Å². The molecular weight excluding hydrogens is 148 g/mol. The van der Waals surface area contributed by atoms with Crippen LogP contribution in [0.15, 0.2) is 24.3 Å². The molecule has 0 bridgehead atoms. The van der Waals surface area contributed by atoms with Crippen molar-refractivity contribution in [3.8, 4) is 0 Å². The van der Waals surface area contributed by atoms with Gasteiger partial charge in [-0.3, -0.25) is 4.58 Å². The first-order valence-corrected chi connectivity index (χ1v) is 4.01. The highest BCUT2D eigenvalue weighted by Gasteiger charge is 1.92. The molecule has 12 heavy (non-hydrogen) atoms. The molecule has 64 valence electrons. The standard InChI is InChI=1S/C10H14N2/c1-9-4-6-10(7-5-9)11-8-12(2)3/h4-8H,1-3H3/p+1. The summed E-state index contributed by atoms with van der Waals surface area (Å²) >= 11 is 0. The van der Waals surface area contributed by atoms with Crippen molar-refractivity contribution in [1.29, 1.82) is 0 Å². The van der Waals surface area contributed by atoms with Crippen molar-refractivity contribution >= 4 is 12.0 Å². The lowest BCUT2D eigenvalue weighted by Crippen LogP contribution is -2.06. The van der Waals surface area contributed by atoms with Crippen molar-refractivity contribution in [3.63, 3.8) is 0 Å². The fourth-order valence-corrected chi connectivity index (χ4v) is 0.853. The van der Waals surface area contributed by atoms with Gasteiger partial charge in [-0.15, -0.1) is 0 Å². The van der Waals surface area contributed by atoms with Crippen LogP contribution in [0.25, 0.3) is 0 Å². The Labute approximate surface area is 73.5 Å². The molecule has 1 aromatic carbocycles. The lowest BCUT2D eigenvalue weighted by Gasteiger charge is -1.95. The molecule has 0 radical (unpaired) electrons. The molecule has 0 saturated heterocycles. The molecule has 2 nitrogen and oxygen atoms in total. The minimum Gasteiger partial charge on any atom is -0.273 e. The molecule has 0 aromatic heterocycles. The Balaban J connectivity index is 2.65. The average molecular weight is 163 g/mol. The summed E-state index contributed by atoms with van der Waals surface area (Å²) in [4.78, 5) is 0. The summed E-state index contributed by atoms with van der Waals surface area (Å²) in [5, 5.41) is 3.17. The second-order valence-corrected chi connectivity index (χ2v) is 3.10. The molecule has 0 aliphatic rings. The van der Waals surface area contributed by atoms with Crippen molar-refractivity contribution < 1.29 is 4.58 Å². The Morgan fingerprint density at radius 1 is 1.17 bits per heavy atom. The molecule has 1 rings (SSSR count). The first-order valence-electron chi connectivity index (χ1n) is 4.01. The molecule has 0 fully saturated rings. The number of hydrogen-bond acceptors (Lipinski definition) is 0. The average Bonchev–Trinajstić information content (AvgIpc) is 2.03. The molecule has 0 aliphatic carbocycles. The number of rotatable bonds is 2. The SMILES string of the molecule is Cc1ccc(NC=[N+](C)C)cc1. The minimum atomic E-state index is 1.12. The van der Waals surface area contributed by atoms with Gasteiger partial charge < -0.3 is 0 Å². The molecule has 0 saturated carbocycles. The van der Waals surface area contributed by atoms with Crippen LogP contribution in [0, 0.1) is 6.92 Å². The van der Waals surface area contributed by atoms with Crippen molar-refractivity contribution in [2.24, 2.45) is 0 Å². The minimum absolute atomic E-state index is 1.12. The topological polar surface area (TPSA) is 15.0 Å². The lowest BCUT2D eigenvalue weighted by molar-refractivity contribution is -0.459. The van der Waals surface area contributed by atoms with Crippen LogP contribution in [0.3, 0.4) is 0 Å². The molecular formula is C10H15N2+. The van der Waals surface area contributed by atoms with Gasteiger partial charge in [0.05, 0.1) is 14.1 Å².